The third kappa shape index (κ3) is 6.10. The van der Waals surface area contributed by atoms with Crippen molar-refractivity contribution in [2.24, 2.45) is 0 Å². The van der Waals surface area contributed by atoms with E-state index in [1.807, 2.05) is 0 Å². The first-order valence-electron chi connectivity index (χ1n) is 6.45. The standard InChI is InChI=1S/C14H22N2O3/c1-18-6-4-2-3-5-7-19-14(17)11-8-12(15)10-13(16)9-11/h8-10H,2-7,15-16H2,1H3. The lowest BCUT2D eigenvalue weighted by molar-refractivity contribution is 0.0497. The van der Waals surface area contributed by atoms with E-state index in [0.29, 0.717) is 23.5 Å². The van der Waals surface area contributed by atoms with E-state index in [2.05, 4.69) is 0 Å². The summed E-state index contributed by atoms with van der Waals surface area (Å²) in [6.07, 6.45) is 4.00. The minimum Gasteiger partial charge on any atom is -0.462 e. The van der Waals surface area contributed by atoms with E-state index in [4.69, 9.17) is 20.9 Å². The number of unbranched alkanes of at least 4 members (excludes halogenated alkanes) is 3. The van der Waals surface area contributed by atoms with Crippen LogP contribution in [0.2, 0.25) is 0 Å². The zero-order valence-corrected chi connectivity index (χ0v) is 11.4. The summed E-state index contributed by atoms with van der Waals surface area (Å²) in [7, 11) is 1.69. The number of carbonyl (C=O) groups excluding carboxylic acids is 1. The maximum atomic E-state index is 11.7. The molecule has 0 bridgehead atoms. The second-order valence-electron chi connectivity index (χ2n) is 4.43. The van der Waals surface area contributed by atoms with Crippen LogP contribution in [-0.4, -0.2) is 26.3 Å². The van der Waals surface area contributed by atoms with Gasteiger partial charge in [-0.15, -0.1) is 0 Å². The molecule has 0 saturated carbocycles. The van der Waals surface area contributed by atoms with Gasteiger partial charge in [-0.2, -0.15) is 0 Å². The number of methoxy groups -OCH3 is 1. The molecule has 0 amide bonds. The molecule has 0 aliphatic rings. The predicted molar refractivity (Wildman–Crippen MR) is 75.9 cm³/mol. The van der Waals surface area contributed by atoms with Crippen LogP contribution in [0.5, 0.6) is 0 Å². The SMILES string of the molecule is COCCCCCCOC(=O)c1cc(N)cc(N)c1. The molecule has 0 heterocycles. The first kappa shape index (κ1) is 15.3. The first-order chi connectivity index (χ1) is 9.13. The summed E-state index contributed by atoms with van der Waals surface area (Å²) in [5.41, 5.74) is 12.6. The highest BCUT2D eigenvalue weighted by Crippen LogP contribution is 2.14. The zero-order valence-electron chi connectivity index (χ0n) is 11.4. The van der Waals surface area contributed by atoms with Gasteiger partial charge in [0.15, 0.2) is 0 Å². The van der Waals surface area contributed by atoms with Crippen molar-refractivity contribution >= 4 is 17.3 Å². The molecule has 0 aliphatic carbocycles. The normalized spacial score (nSPS) is 10.4. The number of nitrogen functional groups attached to an aromatic ring is 2. The fraction of sp³-hybridized carbons (Fsp3) is 0.500. The molecule has 5 nitrogen and oxygen atoms in total. The van der Waals surface area contributed by atoms with E-state index in [9.17, 15) is 4.79 Å². The lowest BCUT2D eigenvalue weighted by Crippen LogP contribution is -2.08. The summed E-state index contributed by atoms with van der Waals surface area (Å²) in [6.45, 7) is 1.20. The maximum Gasteiger partial charge on any atom is 0.338 e. The summed E-state index contributed by atoms with van der Waals surface area (Å²) < 4.78 is 10.1. The number of carbonyl (C=O) groups is 1. The van der Waals surface area contributed by atoms with Crippen molar-refractivity contribution in [1.29, 1.82) is 0 Å². The number of rotatable bonds is 8. The van der Waals surface area contributed by atoms with Gasteiger partial charge in [-0.1, -0.05) is 6.42 Å². The molecule has 0 aliphatic heterocycles. The van der Waals surface area contributed by atoms with E-state index in [-0.39, 0.29) is 5.97 Å². The summed E-state index contributed by atoms with van der Waals surface area (Å²) in [5, 5.41) is 0. The Balaban J connectivity index is 2.24. The van der Waals surface area contributed by atoms with Crippen molar-refractivity contribution in [2.45, 2.75) is 25.7 Å². The van der Waals surface area contributed by atoms with Crippen LogP contribution < -0.4 is 11.5 Å². The van der Waals surface area contributed by atoms with Crippen molar-refractivity contribution in [2.75, 3.05) is 31.8 Å². The Hall–Kier alpha value is -1.75. The lowest BCUT2D eigenvalue weighted by atomic mass is 10.2. The van der Waals surface area contributed by atoms with Gasteiger partial charge in [0.2, 0.25) is 0 Å². The molecule has 0 fully saturated rings. The van der Waals surface area contributed by atoms with E-state index < -0.39 is 0 Å². The van der Waals surface area contributed by atoms with Gasteiger partial charge in [-0.05, 0) is 37.5 Å². The van der Waals surface area contributed by atoms with Gasteiger partial charge >= 0.3 is 5.97 Å². The van der Waals surface area contributed by atoms with Gasteiger partial charge < -0.3 is 20.9 Å². The van der Waals surface area contributed by atoms with E-state index in [0.717, 1.165) is 32.3 Å². The van der Waals surface area contributed by atoms with Gasteiger partial charge in [-0.25, -0.2) is 4.79 Å². The number of benzene rings is 1. The lowest BCUT2D eigenvalue weighted by Gasteiger charge is -2.06. The number of nitrogens with two attached hydrogens (primary N) is 2. The van der Waals surface area contributed by atoms with Gasteiger partial charge in [0.1, 0.15) is 0 Å². The Kier molecular flexibility index (Phi) is 6.74. The highest BCUT2D eigenvalue weighted by Gasteiger charge is 2.08. The fourth-order valence-electron chi connectivity index (χ4n) is 1.74. The molecule has 0 spiro atoms. The Morgan fingerprint density at radius 3 is 2.16 bits per heavy atom. The summed E-state index contributed by atoms with van der Waals surface area (Å²) >= 11 is 0. The first-order valence-corrected chi connectivity index (χ1v) is 6.45. The molecule has 5 heteroatoms. The van der Waals surface area contributed by atoms with Crippen molar-refractivity contribution in [3.63, 3.8) is 0 Å². The van der Waals surface area contributed by atoms with Gasteiger partial charge in [0, 0.05) is 25.1 Å². The monoisotopic (exact) mass is 266 g/mol. The van der Waals surface area contributed by atoms with Crippen LogP contribution in [-0.2, 0) is 9.47 Å². The van der Waals surface area contributed by atoms with Crippen LogP contribution in [0, 0.1) is 0 Å². The molecule has 4 N–H and O–H groups in total. The number of hydrogen-bond donors (Lipinski definition) is 2. The molecule has 19 heavy (non-hydrogen) atoms. The van der Waals surface area contributed by atoms with E-state index in [1.54, 1.807) is 25.3 Å². The minimum absolute atomic E-state index is 0.379. The van der Waals surface area contributed by atoms with Crippen LogP contribution in [0.25, 0.3) is 0 Å². The highest BCUT2D eigenvalue weighted by molar-refractivity contribution is 5.91. The van der Waals surface area contributed by atoms with Crippen molar-refractivity contribution in [3.05, 3.63) is 23.8 Å². The number of esters is 1. The molecule has 0 unspecified atom stereocenters. The smallest absolute Gasteiger partial charge is 0.338 e. The largest absolute Gasteiger partial charge is 0.462 e. The molecule has 0 radical (unpaired) electrons. The Labute approximate surface area is 113 Å². The fourth-order valence-corrected chi connectivity index (χ4v) is 1.74. The number of ether oxygens (including phenoxy) is 2. The number of anilines is 2. The van der Waals surface area contributed by atoms with Gasteiger partial charge in [-0.3, -0.25) is 0 Å². The highest BCUT2D eigenvalue weighted by atomic mass is 16.5. The van der Waals surface area contributed by atoms with Gasteiger partial charge in [0.05, 0.1) is 12.2 Å². The molecule has 0 saturated heterocycles. The van der Waals surface area contributed by atoms with Crippen molar-refractivity contribution < 1.29 is 14.3 Å². The maximum absolute atomic E-state index is 11.7. The summed E-state index contributed by atoms with van der Waals surface area (Å²) in [6, 6.07) is 4.74. The Morgan fingerprint density at radius 2 is 1.58 bits per heavy atom. The number of hydrogen-bond acceptors (Lipinski definition) is 5. The van der Waals surface area contributed by atoms with E-state index >= 15 is 0 Å². The van der Waals surface area contributed by atoms with Gasteiger partial charge in [0.25, 0.3) is 0 Å². The molecule has 1 rings (SSSR count). The summed E-state index contributed by atoms with van der Waals surface area (Å²) in [4.78, 5) is 11.7. The average molecular weight is 266 g/mol. The molecular weight excluding hydrogens is 244 g/mol. The molecule has 0 atom stereocenters. The quantitative estimate of drug-likeness (QED) is 0.428. The van der Waals surface area contributed by atoms with Crippen LogP contribution in [0.3, 0.4) is 0 Å². The van der Waals surface area contributed by atoms with Crippen molar-refractivity contribution in [3.8, 4) is 0 Å². The third-order valence-electron chi connectivity index (χ3n) is 2.69. The predicted octanol–water partition coefficient (Wildman–Crippen LogP) is 2.21. The van der Waals surface area contributed by atoms with Crippen LogP contribution in [0.4, 0.5) is 11.4 Å². The summed E-state index contributed by atoms with van der Waals surface area (Å²) in [5.74, 6) is -0.379. The van der Waals surface area contributed by atoms with E-state index in [1.165, 1.54) is 0 Å². The minimum atomic E-state index is -0.379. The zero-order chi connectivity index (χ0) is 14.1. The Morgan fingerprint density at radius 1 is 1.00 bits per heavy atom. The topological polar surface area (TPSA) is 87.6 Å². The third-order valence-corrected chi connectivity index (χ3v) is 2.69. The molecule has 1 aromatic rings. The molecule has 0 aromatic heterocycles. The van der Waals surface area contributed by atoms with Crippen molar-refractivity contribution in [1.82, 2.24) is 0 Å². The molecular formula is C14H22N2O3. The van der Waals surface area contributed by atoms with Crippen LogP contribution >= 0.6 is 0 Å². The second kappa shape index (κ2) is 8.37. The molecule has 106 valence electrons. The molecule has 1 aromatic carbocycles. The second-order valence-corrected chi connectivity index (χ2v) is 4.43. The Bertz CT molecular complexity index is 387. The van der Waals surface area contributed by atoms with Crippen LogP contribution in [0.1, 0.15) is 36.0 Å². The average Bonchev–Trinajstić information content (AvgIpc) is 2.36. The van der Waals surface area contributed by atoms with Crippen LogP contribution in [0.15, 0.2) is 18.2 Å².